The van der Waals surface area contributed by atoms with E-state index >= 15 is 0 Å². The number of aliphatic carboxylic acids is 1. The summed E-state index contributed by atoms with van der Waals surface area (Å²) in [5.41, 5.74) is 11.7. The molecule has 0 aliphatic carbocycles. The molecule has 6 aromatic carbocycles. The van der Waals surface area contributed by atoms with Gasteiger partial charge in [0.15, 0.2) is 36.1 Å². The van der Waals surface area contributed by atoms with Gasteiger partial charge in [0.25, 0.3) is 29.5 Å². The van der Waals surface area contributed by atoms with Crippen LogP contribution >= 0.6 is 0 Å². The standard InChI is InChI=1S/C23H19F3N4O7.C20H19F3N4O4.C15H14F3NO6.C8H7N3O2.C2H6.CH4/c1-12(31)36-17(20(32)27-15-6-2-13(3-7-15)19-28-22(34)37-29-19)18-21(33)30(10-11-35-18)16-8-4-14(5-9-16)23(24,25)26;21-20(22,23)12-3-7-14(8-4-12)27-9-10-31-16(19(27)30)15(28)18(29)26-13-5-1-11(2-6-13)17(24)25;1-8(20)25-12(14(22)23)11-13(21)19(6-7-24-11)10-4-2-9(3-5-10)15(16,17)18;9-6-3-1-5(2-4-6)7-10-8(12)13-11-7;1-2;/h2-9,17-18H,10-11H2,1H3,(H,27,32)(H,28,29,34);1-8,15-16,28H,9-10H2,(H3,24,25)(H,26,29);2-5,11-12H,6-7H2,1H3,(H,22,23);1-4H,9H2,(H,10,11,12);1-2H3;1H4/t17-,18-;15-,16-;11-,12-;;;/m111.../s1. The number of carbonyl (C=O) groups excluding carboxylic acids is 7. The molecule has 5 heterocycles. The monoisotopic (exact) mass is 1540 g/mol. The lowest BCUT2D eigenvalue weighted by atomic mass is 10.1. The van der Waals surface area contributed by atoms with Crippen molar-refractivity contribution in [2.75, 3.05) is 70.5 Å². The van der Waals surface area contributed by atoms with Gasteiger partial charge >= 0.3 is 47.9 Å². The van der Waals surface area contributed by atoms with E-state index < -0.39 is 131 Å². The van der Waals surface area contributed by atoms with E-state index in [1.807, 2.05) is 13.8 Å². The number of nitrogen functional groups attached to an aromatic ring is 2. The quantitative estimate of drug-likeness (QED) is 0.0146. The Morgan fingerprint density at radius 2 is 0.844 bits per heavy atom. The van der Waals surface area contributed by atoms with Gasteiger partial charge in [-0.15, -0.1) is 0 Å². The number of benzene rings is 6. The van der Waals surface area contributed by atoms with Gasteiger partial charge in [0.05, 0.1) is 36.5 Å². The second-order valence-corrected chi connectivity index (χ2v) is 22.4. The first kappa shape index (κ1) is 85.4. The first-order chi connectivity index (χ1) is 51.0. The Hall–Kier alpha value is -12.6. The minimum Gasteiger partial charge on any atom is -0.478 e. The number of aromatic nitrogens is 4. The molecule has 11 N–H and O–H groups in total. The number of nitrogens with two attached hydrogens (primary N) is 2. The highest BCUT2D eigenvalue weighted by Crippen LogP contribution is 2.35. The van der Waals surface area contributed by atoms with Crippen molar-refractivity contribution >= 4 is 87.4 Å². The zero-order chi connectivity index (χ0) is 79.5. The fourth-order valence-electron chi connectivity index (χ4n) is 9.95. The first-order valence-corrected chi connectivity index (χ1v) is 31.7. The zero-order valence-corrected chi connectivity index (χ0v) is 56.7. The molecule has 5 amide bonds. The van der Waals surface area contributed by atoms with E-state index in [0.717, 1.165) is 107 Å². The number of amides is 5. The van der Waals surface area contributed by atoms with Crippen molar-refractivity contribution in [3.63, 3.8) is 0 Å². The van der Waals surface area contributed by atoms with Gasteiger partial charge in [0.2, 0.25) is 12.2 Å². The van der Waals surface area contributed by atoms with E-state index in [0.29, 0.717) is 28.3 Å². The molecule has 2 aromatic heterocycles. The summed E-state index contributed by atoms with van der Waals surface area (Å²) in [6.45, 7) is 5.98. The number of ether oxygens (including phenoxy) is 5. The molecule has 3 aliphatic heterocycles. The Bertz CT molecular complexity index is 4580. The molecule has 0 spiro atoms. The number of aliphatic hydroxyl groups excluding tert-OH is 1. The minimum absolute atomic E-state index is 0. The van der Waals surface area contributed by atoms with Gasteiger partial charge < -0.3 is 70.7 Å². The molecular weight excluding hydrogens is 1470 g/mol. The topological polar surface area (TPSA) is 451 Å². The van der Waals surface area contributed by atoms with E-state index in [9.17, 15) is 92.6 Å². The third kappa shape index (κ3) is 23.2. The van der Waals surface area contributed by atoms with Crippen LogP contribution in [0.3, 0.4) is 0 Å². The number of alkyl halides is 9. The number of morpholine rings is 3. The van der Waals surface area contributed by atoms with Crippen LogP contribution in [0.25, 0.3) is 22.8 Å². The lowest BCUT2D eigenvalue weighted by molar-refractivity contribution is -0.177. The third-order valence-electron chi connectivity index (χ3n) is 15.0. The van der Waals surface area contributed by atoms with Crippen molar-refractivity contribution in [2.24, 2.45) is 5.73 Å². The molecule has 0 radical (unpaired) electrons. The molecule has 0 unspecified atom stereocenters. The lowest BCUT2D eigenvalue weighted by Crippen LogP contribution is -2.56. The smallest absolute Gasteiger partial charge is 0.439 e. The van der Waals surface area contributed by atoms with Crippen molar-refractivity contribution < 1.29 is 121 Å². The SMILES string of the molecule is C.CC.CC(=O)O[C@@H](C(=O)Nc1ccc(-c2noc(=O)[nH]2)cc1)[C@H]1OCCN(c2ccc(C(F)(F)F)cc2)C1=O.CC(=O)O[C@@H](C(=O)O)[C@H]1OCCN(c2ccc(C(F)(F)F)cc2)C1=O.N=C(N)c1ccc(NC(=O)[C@H](O)[C@H]2OCCN(c3ccc(C(F)(F)F)cc3)C2=O)cc1.Nc1ccc(-c2noc(=O)[nH]2)cc1. The number of hydrogen-bond acceptors (Lipinski definition) is 22. The van der Waals surface area contributed by atoms with Gasteiger partial charge in [0, 0.05) is 84.3 Å². The number of anilines is 6. The highest BCUT2D eigenvalue weighted by Gasteiger charge is 2.45. The predicted octanol–water partition coefficient (Wildman–Crippen LogP) is 7.80. The molecule has 6 atom stereocenters. The van der Waals surface area contributed by atoms with Gasteiger partial charge in [-0.25, -0.2) is 14.4 Å². The fourth-order valence-corrected chi connectivity index (χ4v) is 9.95. The van der Waals surface area contributed by atoms with Gasteiger partial charge in [0.1, 0.15) is 5.84 Å². The molecule has 40 heteroatoms. The van der Waals surface area contributed by atoms with Crippen molar-refractivity contribution in [1.29, 1.82) is 5.41 Å². The Morgan fingerprint density at radius 1 is 0.523 bits per heavy atom. The maximum absolute atomic E-state index is 13.2. The highest BCUT2D eigenvalue weighted by molar-refractivity contribution is 6.06. The summed E-state index contributed by atoms with van der Waals surface area (Å²) >= 11 is 0. The number of carbonyl (C=O) groups is 8. The number of amidine groups is 1. The van der Waals surface area contributed by atoms with E-state index in [-0.39, 0.29) is 81.3 Å². The summed E-state index contributed by atoms with van der Waals surface area (Å²) in [4.78, 5) is 128. The normalized spacial score (nSPS) is 16.5. The predicted molar refractivity (Wildman–Crippen MR) is 368 cm³/mol. The summed E-state index contributed by atoms with van der Waals surface area (Å²) in [5.74, 6) is -8.30. The van der Waals surface area contributed by atoms with Crippen molar-refractivity contribution in [2.45, 2.75) is 90.3 Å². The number of nitrogens with one attached hydrogen (secondary N) is 5. The number of aliphatic hydroxyl groups is 1. The number of halogens is 9. The molecule has 3 fully saturated rings. The zero-order valence-electron chi connectivity index (χ0n) is 56.7. The Kier molecular flexibility index (Phi) is 29.5. The molecule has 3 aliphatic rings. The number of carboxylic acids is 1. The number of rotatable bonds is 16. The summed E-state index contributed by atoms with van der Waals surface area (Å²) in [6, 6.07) is 30.7. The molecule has 0 bridgehead atoms. The van der Waals surface area contributed by atoms with E-state index in [1.165, 1.54) is 48.5 Å². The van der Waals surface area contributed by atoms with Gasteiger partial charge in [-0.2, -0.15) is 39.5 Å². The van der Waals surface area contributed by atoms with Crippen LogP contribution in [0.2, 0.25) is 0 Å². The molecule has 11 rings (SSSR count). The van der Waals surface area contributed by atoms with Crippen LogP contribution in [0.5, 0.6) is 0 Å². The van der Waals surface area contributed by atoms with Crippen molar-refractivity contribution in [3.05, 3.63) is 189 Å². The highest BCUT2D eigenvalue weighted by atomic mass is 19.4. The molecule has 582 valence electrons. The Labute approximate surface area is 610 Å². The molecule has 3 saturated heterocycles. The second kappa shape index (κ2) is 37.6. The maximum Gasteiger partial charge on any atom is 0.439 e. The summed E-state index contributed by atoms with van der Waals surface area (Å²) in [7, 11) is 0. The molecule has 31 nitrogen and oxygen atoms in total. The van der Waals surface area contributed by atoms with Gasteiger partial charge in [-0.05, 0) is 146 Å². The largest absolute Gasteiger partial charge is 0.478 e. The third-order valence-corrected chi connectivity index (χ3v) is 15.0. The molecular formula is C69H69F9N12O19. The lowest BCUT2D eigenvalue weighted by Gasteiger charge is -2.35. The number of hydrogen-bond donors (Lipinski definition) is 9. The average Bonchev–Trinajstić information content (AvgIpc) is 1.59. The van der Waals surface area contributed by atoms with Crippen LogP contribution in [0, 0.1) is 5.41 Å². The molecule has 8 aromatic rings. The molecule has 0 saturated carbocycles. The van der Waals surface area contributed by atoms with Crippen molar-refractivity contribution in [3.8, 4) is 22.8 Å². The number of H-pyrrole nitrogens is 2. The van der Waals surface area contributed by atoms with E-state index in [2.05, 4.69) is 44.7 Å². The summed E-state index contributed by atoms with van der Waals surface area (Å²) in [5, 5.41) is 38.8. The number of carboxylic acid groups (broad SMARTS) is 1. The average molecular weight is 1540 g/mol. The first-order valence-electron chi connectivity index (χ1n) is 31.7. The van der Waals surface area contributed by atoms with Crippen molar-refractivity contribution in [1.82, 2.24) is 20.3 Å². The van der Waals surface area contributed by atoms with E-state index in [1.54, 1.807) is 24.3 Å². The number of esters is 2. The van der Waals surface area contributed by atoms with E-state index in [4.69, 9.17) is 40.9 Å². The maximum atomic E-state index is 13.2. The van der Waals surface area contributed by atoms with Crippen LogP contribution in [0.15, 0.2) is 164 Å². The van der Waals surface area contributed by atoms with Crippen LogP contribution in [0.4, 0.5) is 73.6 Å². The van der Waals surface area contributed by atoms with Crippen LogP contribution in [-0.2, 0) is 80.6 Å². The number of aromatic amines is 2. The fraction of sp³-hybridized carbons (Fsp3) is 0.290. The Balaban J connectivity index is 0.000000235. The second-order valence-electron chi connectivity index (χ2n) is 22.4. The Morgan fingerprint density at radius 3 is 1.17 bits per heavy atom. The van der Waals surface area contributed by atoms with Gasteiger partial charge in [-0.1, -0.05) is 31.6 Å². The minimum atomic E-state index is -4.54. The van der Waals surface area contributed by atoms with Crippen LogP contribution < -0.4 is 48.3 Å². The summed E-state index contributed by atoms with van der Waals surface area (Å²) in [6.07, 6.45) is -23.6. The summed E-state index contributed by atoms with van der Waals surface area (Å²) < 4.78 is 149. The molecule has 109 heavy (non-hydrogen) atoms. The van der Waals surface area contributed by atoms with Gasteiger partial charge in [-0.3, -0.25) is 58.0 Å². The number of nitrogens with zero attached hydrogens (tertiary/aromatic N) is 5. The van der Waals surface area contributed by atoms with Crippen LogP contribution in [0.1, 0.15) is 57.4 Å². The van der Waals surface area contributed by atoms with Crippen LogP contribution in [-0.4, -0.2) is 160 Å².